The van der Waals surface area contributed by atoms with Gasteiger partial charge in [-0.2, -0.15) is 11.8 Å². The first-order valence-corrected chi connectivity index (χ1v) is 13.2. The monoisotopic (exact) mass is 478 g/mol. The minimum atomic E-state index is -0.192. The number of amides is 2. The number of fused-ring (bicyclic) bond motifs is 1. The van der Waals surface area contributed by atoms with Gasteiger partial charge in [-0.05, 0) is 46.7 Å². The first kappa shape index (κ1) is 22.0. The van der Waals surface area contributed by atoms with Gasteiger partial charge in [-0.15, -0.1) is 11.3 Å². The Labute approximate surface area is 202 Å². The summed E-state index contributed by atoms with van der Waals surface area (Å²) < 4.78 is 5.94. The maximum absolute atomic E-state index is 13.4. The Kier molecular flexibility index (Phi) is 6.69. The fourth-order valence-corrected chi connectivity index (χ4v) is 6.07. The SMILES string of the molecule is O=C(COc1ccc2c(c1)C(c1ccccc1)N(C(=O)c1cccs1)CC2)N1CCSCC1. The van der Waals surface area contributed by atoms with Gasteiger partial charge in [-0.25, -0.2) is 0 Å². The number of thiophene rings is 1. The van der Waals surface area contributed by atoms with E-state index in [9.17, 15) is 9.59 Å². The molecular weight excluding hydrogens is 452 g/mol. The van der Waals surface area contributed by atoms with Crippen LogP contribution >= 0.6 is 23.1 Å². The average Bonchev–Trinajstić information content (AvgIpc) is 3.42. The van der Waals surface area contributed by atoms with Crippen molar-refractivity contribution in [2.24, 2.45) is 0 Å². The second-order valence-electron chi connectivity index (χ2n) is 8.18. The summed E-state index contributed by atoms with van der Waals surface area (Å²) in [6.45, 7) is 2.27. The van der Waals surface area contributed by atoms with E-state index >= 15 is 0 Å². The zero-order valence-corrected chi connectivity index (χ0v) is 19.9. The molecule has 1 unspecified atom stereocenters. The Morgan fingerprint density at radius 3 is 2.55 bits per heavy atom. The lowest BCUT2D eigenvalue weighted by Gasteiger charge is -2.38. The summed E-state index contributed by atoms with van der Waals surface area (Å²) in [7, 11) is 0. The molecular formula is C26H26N2O3S2. The topological polar surface area (TPSA) is 49.9 Å². The van der Waals surface area contributed by atoms with Gasteiger partial charge in [-0.1, -0.05) is 42.5 Å². The molecule has 0 bridgehead atoms. The molecule has 5 rings (SSSR count). The van der Waals surface area contributed by atoms with Crippen LogP contribution in [-0.2, 0) is 11.2 Å². The largest absolute Gasteiger partial charge is 0.484 e. The van der Waals surface area contributed by atoms with Crippen LogP contribution in [0.2, 0.25) is 0 Å². The third-order valence-electron chi connectivity index (χ3n) is 6.18. The average molecular weight is 479 g/mol. The van der Waals surface area contributed by atoms with Gasteiger partial charge < -0.3 is 14.5 Å². The first-order chi connectivity index (χ1) is 16.2. The minimum absolute atomic E-state index is 0.0297. The van der Waals surface area contributed by atoms with Gasteiger partial charge in [0.15, 0.2) is 6.61 Å². The van der Waals surface area contributed by atoms with Crippen molar-refractivity contribution in [3.63, 3.8) is 0 Å². The van der Waals surface area contributed by atoms with Crippen LogP contribution in [0.4, 0.5) is 0 Å². The smallest absolute Gasteiger partial charge is 0.264 e. The van der Waals surface area contributed by atoms with Crippen LogP contribution in [0.3, 0.4) is 0 Å². The van der Waals surface area contributed by atoms with E-state index < -0.39 is 0 Å². The van der Waals surface area contributed by atoms with Crippen molar-refractivity contribution in [3.05, 3.63) is 87.6 Å². The lowest BCUT2D eigenvalue weighted by Crippen LogP contribution is -2.41. The summed E-state index contributed by atoms with van der Waals surface area (Å²) in [5.74, 6) is 2.71. The summed E-state index contributed by atoms with van der Waals surface area (Å²) in [6.07, 6.45) is 0.792. The molecule has 1 atom stereocenters. The molecule has 2 amide bonds. The van der Waals surface area contributed by atoms with E-state index in [1.54, 1.807) is 0 Å². The Morgan fingerprint density at radius 2 is 1.79 bits per heavy atom. The molecule has 2 aliphatic rings. The van der Waals surface area contributed by atoms with Gasteiger partial charge in [0.1, 0.15) is 5.75 Å². The fourth-order valence-electron chi connectivity index (χ4n) is 4.49. The van der Waals surface area contributed by atoms with Crippen LogP contribution in [0, 0.1) is 0 Å². The molecule has 1 aromatic heterocycles. The Morgan fingerprint density at radius 1 is 0.970 bits per heavy atom. The molecule has 0 N–H and O–H groups in total. The van der Waals surface area contributed by atoms with Gasteiger partial charge in [0.05, 0.1) is 10.9 Å². The summed E-state index contributed by atoms with van der Waals surface area (Å²) in [5.41, 5.74) is 3.35. The zero-order chi connectivity index (χ0) is 22.6. The van der Waals surface area contributed by atoms with Gasteiger partial charge in [0, 0.05) is 31.1 Å². The number of hydrogen-bond donors (Lipinski definition) is 0. The summed E-state index contributed by atoms with van der Waals surface area (Å²) >= 11 is 3.35. The normalized spacial score (nSPS) is 18.0. The zero-order valence-electron chi connectivity index (χ0n) is 18.3. The van der Waals surface area contributed by atoms with E-state index in [1.165, 1.54) is 16.9 Å². The Hall–Kier alpha value is -2.77. The number of thioether (sulfide) groups is 1. The summed E-state index contributed by atoms with van der Waals surface area (Å²) in [5, 5.41) is 1.94. The first-order valence-electron chi connectivity index (χ1n) is 11.2. The highest BCUT2D eigenvalue weighted by Gasteiger charge is 2.33. The van der Waals surface area contributed by atoms with Gasteiger partial charge in [-0.3, -0.25) is 9.59 Å². The molecule has 2 aliphatic heterocycles. The minimum Gasteiger partial charge on any atom is -0.484 e. The van der Waals surface area contributed by atoms with E-state index in [4.69, 9.17) is 4.74 Å². The van der Waals surface area contributed by atoms with E-state index in [0.717, 1.165) is 47.0 Å². The molecule has 0 aliphatic carbocycles. The molecule has 7 heteroatoms. The third-order valence-corrected chi connectivity index (χ3v) is 7.98. The number of carbonyl (C=O) groups is 2. The molecule has 33 heavy (non-hydrogen) atoms. The molecule has 1 saturated heterocycles. The highest BCUT2D eigenvalue weighted by Crippen LogP contribution is 2.38. The summed E-state index contributed by atoms with van der Waals surface area (Å²) in [6, 6.07) is 19.8. The van der Waals surface area contributed by atoms with Crippen LogP contribution in [0.1, 0.15) is 32.4 Å². The van der Waals surface area contributed by atoms with Crippen LogP contribution in [0.25, 0.3) is 0 Å². The second kappa shape index (κ2) is 10.0. The molecule has 3 heterocycles. The van der Waals surface area contributed by atoms with Crippen LogP contribution in [0.15, 0.2) is 66.0 Å². The van der Waals surface area contributed by atoms with Crippen LogP contribution in [0.5, 0.6) is 5.75 Å². The van der Waals surface area contributed by atoms with Crippen molar-refractivity contribution >= 4 is 34.9 Å². The van der Waals surface area contributed by atoms with Crippen molar-refractivity contribution in [1.82, 2.24) is 9.80 Å². The Bertz CT molecular complexity index is 1110. The standard InChI is InChI=1S/C26H26N2O3S2/c29-24(27-12-15-32-16-13-27)18-31-21-9-8-19-10-11-28(26(30)23-7-4-14-33-23)25(22(19)17-21)20-5-2-1-3-6-20/h1-9,14,17,25H,10-13,15-16,18H2. The van der Waals surface area contributed by atoms with Crippen molar-refractivity contribution in [2.45, 2.75) is 12.5 Å². The van der Waals surface area contributed by atoms with E-state index in [-0.39, 0.29) is 24.5 Å². The number of benzene rings is 2. The lowest BCUT2D eigenvalue weighted by atomic mass is 9.88. The quantitative estimate of drug-likeness (QED) is 0.542. The highest BCUT2D eigenvalue weighted by molar-refractivity contribution is 7.99. The third kappa shape index (κ3) is 4.80. The second-order valence-corrected chi connectivity index (χ2v) is 10.4. The van der Waals surface area contributed by atoms with Crippen molar-refractivity contribution in [3.8, 4) is 5.75 Å². The predicted molar refractivity (Wildman–Crippen MR) is 133 cm³/mol. The molecule has 0 spiro atoms. The maximum atomic E-state index is 13.4. The van der Waals surface area contributed by atoms with Crippen molar-refractivity contribution in [2.75, 3.05) is 37.7 Å². The van der Waals surface area contributed by atoms with Crippen molar-refractivity contribution in [1.29, 1.82) is 0 Å². The lowest BCUT2D eigenvalue weighted by molar-refractivity contribution is -0.133. The molecule has 1 fully saturated rings. The van der Waals surface area contributed by atoms with E-state index in [0.29, 0.717) is 12.3 Å². The van der Waals surface area contributed by atoms with E-state index in [2.05, 4.69) is 18.2 Å². The van der Waals surface area contributed by atoms with E-state index in [1.807, 2.05) is 69.4 Å². The molecule has 2 aromatic carbocycles. The number of rotatable bonds is 5. The highest BCUT2D eigenvalue weighted by atomic mass is 32.2. The molecule has 0 saturated carbocycles. The van der Waals surface area contributed by atoms with Gasteiger partial charge in [0.25, 0.3) is 11.8 Å². The fraction of sp³-hybridized carbons (Fsp3) is 0.308. The van der Waals surface area contributed by atoms with Gasteiger partial charge >= 0.3 is 0 Å². The molecule has 3 aromatic rings. The number of nitrogens with zero attached hydrogens (tertiary/aromatic N) is 2. The molecule has 5 nitrogen and oxygen atoms in total. The Balaban J connectivity index is 1.42. The molecule has 0 radical (unpaired) electrons. The van der Waals surface area contributed by atoms with Crippen LogP contribution in [-0.4, -0.2) is 59.4 Å². The predicted octanol–water partition coefficient (Wildman–Crippen LogP) is 4.49. The number of carbonyl (C=O) groups excluding carboxylic acids is 2. The van der Waals surface area contributed by atoms with Crippen LogP contribution < -0.4 is 4.74 Å². The van der Waals surface area contributed by atoms with Gasteiger partial charge in [0.2, 0.25) is 0 Å². The number of hydrogen-bond acceptors (Lipinski definition) is 5. The maximum Gasteiger partial charge on any atom is 0.264 e. The summed E-state index contributed by atoms with van der Waals surface area (Å²) in [4.78, 5) is 30.5. The van der Waals surface area contributed by atoms with Crippen molar-refractivity contribution < 1.29 is 14.3 Å². The number of ether oxygens (including phenoxy) is 1. The molecule has 170 valence electrons.